The van der Waals surface area contributed by atoms with Gasteiger partial charge < -0.3 is 5.32 Å². The minimum absolute atomic E-state index is 0.00770. The Labute approximate surface area is 186 Å². The number of hydrogen-bond donors (Lipinski definition) is 1. The number of amides is 1. The second-order valence-corrected chi connectivity index (χ2v) is 8.00. The molecular weight excluding hydrogens is 480 g/mol. The molecule has 3 rings (SSSR count). The van der Waals surface area contributed by atoms with Crippen LogP contribution in [0.5, 0.6) is 0 Å². The van der Waals surface area contributed by atoms with E-state index < -0.39 is 52.6 Å². The molecule has 0 aliphatic carbocycles. The molecule has 176 valence electrons. The highest BCUT2D eigenvalue weighted by Gasteiger charge is 2.37. The van der Waals surface area contributed by atoms with Gasteiger partial charge in [-0.1, -0.05) is 0 Å². The molecule has 1 N–H and O–H groups in total. The highest BCUT2D eigenvalue weighted by Crippen LogP contribution is 2.39. The Morgan fingerprint density at radius 2 is 1.45 bits per heavy atom. The molecule has 0 aliphatic rings. The van der Waals surface area contributed by atoms with Crippen molar-refractivity contribution in [3.8, 4) is 10.6 Å². The summed E-state index contributed by atoms with van der Waals surface area (Å²) in [6.07, 6.45) is -10.1. The highest BCUT2D eigenvalue weighted by molar-refractivity contribution is 7.13. The fraction of sp³-hybridized carbons (Fsp3) is 0.238. The van der Waals surface area contributed by atoms with Crippen molar-refractivity contribution in [1.29, 1.82) is 0 Å². The van der Waals surface area contributed by atoms with Crippen LogP contribution in [0.3, 0.4) is 0 Å². The van der Waals surface area contributed by atoms with Gasteiger partial charge in [0.1, 0.15) is 22.3 Å². The first-order valence-corrected chi connectivity index (χ1v) is 10.1. The quantitative estimate of drug-likeness (QED) is 0.400. The molecule has 1 atom stereocenters. The summed E-state index contributed by atoms with van der Waals surface area (Å²) in [6.45, 7) is 2.68. The lowest BCUT2D eigenvalue weighted by atomic mass is 10.0. The lowest BCUT2D eigenvalue weighted by molar-refractivity contribution is -0.143. The molecule has 0 saturated heterocycles. The number of carbonyl (C=O) groups excluding carboxylic acids is 1. The fourth-order valence-electron chi connectivity index (χ4n) is 2.86. The van der Waals surface area contributed by atoms with Gasteiger partial charge in [-0.3, -0.25) is 4.79 Å². The maximum absolute atomic E-state index is 13.8. The third-order valence-corrected chi connectivity index (χ3v) is 5.61. The number of thiazole rings is 1. The maximum atomic E-state index is 13.8. The Morgan fingerprint density at radius 1 is 0.939 bits per heavy atom. The highest BCUT2D eigenvalue weighted by atomic mass is 32.1. The van der Waals surface area contributed by atoms with Gasteiger partial charge in [0, 0.05) is 16.5 Å². The van der Waals surface area contributed by atoms with E-state index in [9.17, 15) is 39.9 Å². The number of hydrogen-bond acceptors (Lipinski definition) is 3. The molecule has 0 aliphatic heterocycles. The molecule has 12 heteroatoms. The largest absolute Gasteiger partial charge is 0.416 e. The number of carbonyl (C=O) groups is 1. The van der Waals surface area contributed by atoms with Crippen LogP contribution in [0.2, 0.25) is 0 Å². The van der Waals surface area contributed by atoms with E-state index in [1.54, 1.807) is 0 Å². The third-order valence-electron chi connectivity index (χ3n) is 4.72. The Balaban J connectivity index is 1.88. The summed E-state index contributed by atoms with van der Waals surface area (Å²) in [5.74, 6) is -2.45. The van der Waals surface area contributed by atoms with Crippen LogP contribution < -0.4 is 5.32 Å². The summed E-state index contributed by atoms with van der Waals surface area (Å²) in [5.41, 5.74) is -3.83. The SMILES string of the molecule is Cc1c(F)cc(C(C)NC(=O)c2csc(-c3cc(C(F)(F)F)cc(C(F)(F)F)c3)n2)cc1F. The van der Waals surface area contributed by atoms with Crippen LogP contribution >= 0.6 is 11.3 Å². The van der Waals surface area contributed by atoms with E-state index >= 15 is 0 Å². The van der Waals surface area contributed by atoms with Gasteiger partial charge in [-0.15, -0.1) is 11.3 Å². The zero-order valence-corrected chi connectivity index (χ0v) is 17.6. The van der Waals surface area contributed by atoms with Crippen molar-refractivity contribution in [1.82, 2.24) is 10.3 Å². The van der Waals surface area contributed by atoms with E-state index in [1.807, 2.05) is 0 Å². The monoisotopic (exact) mass is 494 g/mol. The first-order valence-electron chi connectivity index (χ1n) is 9.18. The second-order valence-electron chi connectivity index (χ2n) is 7.14. The van der Waals surface area contributed by atoms with Crippen LogP contribution in [-0.4, -0.2) is 10.9 Å². The van der Waals surface area contributed by atoms with Crippen LogP contribution in [0.15, 0.2) is 35.7 Å². The lowest BCUT2D eigenvalue weighted by Crippen LogP contribution is -2.27. The van der Waals surface area contributed by atoms with Crippen LogP contribution in [0.25, 0.3) is 10.6 Å². The standard InChI is InChI=1S/C21H14F8N2OS/c1-9-15(22)5-11(6-16(9)23)10(2)30-18(32)17-8-33-19(31-17)12-3-13(20(24,25)26)7-14(4-12)21(27,28)29/h3-8,10H,1-2H3,(H,30,32). The van der Waals surface area contributed by atoms with Gasteiger partial charge in [-0.25, -0.2) is 13.8 Å². The Kier molecular flexibility index (Phi) is 6.51. The maximum Gasteiger partial charge on any atom is 0.416 e. The van der Waals surface area contributed by atoms with Gasteiger partial charge in [0.2, 0.25) is 0 Å². The number of nitrogens with one attached hydrogen (secondary N) is 1. The zero-order valence-electron chi connectivity index (χ0n) is 16.8. The second kappa shape index (κ2) is 8.73. The molecule has 0 spiro atoms. The molecule has 3 nitrogen and oxygen atoms in total. The van der Waals surface area contributed by atoms with Crippen molar-refractivity contribution < 1.29 is 39.9 Å². The predicted octanol–water partition coefficient (Wildman–Crippen LogP) is 6.93. The minimum atomic E-state index is -5.03. The van der Waals surface area contributed by atoms with Crippen molar-refractivity contribution >= 4 is 17.2 Å². The average Bonchev–Trinajstić information content (AvgIpc) is 3.20. The van der Waals surface area contributed by atoms with Crippen molar-refractivity contribution in [3.63, 3.8) is 0 Å². The fourth-order valence-corrected chi connectivity index (χ4v) is 3.65. The smallest absolute Gasteiger partial charge is 0.344 e. The van der Waals surface area contributed by atoms with Gasteiger partial charge in [-0.05, 0) is 49.7 Å². The molecule has 1 heterocycles. The molecule has 0 fully saturated rings. The number of rotatable bonds is 4. The van der Waals surface area contributed by atoms with Crippen LogP contribution in [-0.2, 0) is 12.4 Å². The molecule has 1 aromatic heterocycles. The molecule has 0 saturated carbocycles. The van der Waals surface area contributed by atoms with Crippen molar-refractivity contribution in [2.75, 3.05) is 0 Å². The molecule has 1 amide bonds. The molecular formula is C21H14F8N2OS. The summed E-state index contributed by atoms with van der Waals surface area (Å²) in [4.78, 5) is 16.3. The number of nitrogens with zero attached hydrogens (tertiary/aromatic N) is 1. The summed E-state index contributed by atoms with van der Waals surface area (Å²) >= 11 is 0.673. The van der Waals surface area contributed by atoms with Crippen molar-refractivity contribution in [3.05, 3.63) is 75.3 Å². The van der Waals surface area contributed by atoms with Crippen molar-refractivity contribution in [2.24, 2.45) is 0 Å². The molecule has 2 aromatic carbocycles. The molecule has 33 heavy (non-hydrogen) atoms. The van der Waals surface area contributed by atoms with E-state index in [4.69, 9.17) is 0 Å². The van der Waals surface area contributed by atoms with E-state index in [0.29, 0.717) is 23.5 Å². The topological polar surface area (TPSA) is 42.0 Å². The lowest BCUT2D eigenvalue weighted by Gasteiger charge is -2.15. The van der Waals surface area contributed by atoms with E-state index in [-0.39, 0.29) is 27.9 Å². The summed E-state index contributed by atoms with van der Waals surface area (Å²) in [7, 11) is 0. The van der Waals surface area contributed by atoms with Crippen LogP contribution in [0.1, 0.15) is 45.7 Å². The van der Waals surface area contributed by atoms with Gasteiger partial charge >= 0.3 is 12.4 Å². The van der Waals surface area contributed by atoms with Gasteiger partial charge in [0.15, 0.2) is 0 Å². The number of alkyl halides is 6. The molecule has 0 radical (unpaired) electrons. The first kappa shape index (κ1) is 24.6. The third kappa shape index (κ3) is 5.49. The zero-order chi connectivity index (χ0) is 24.7. The minimum Gasteiger partial charge on any atom is -0.344 e. The van der Waals surface area contributed by atoms with Gasteiger partial charge in [0.05, 0.1) is 17.2 Å². The van der Waals surface area contributed by atoms with Gasteiger partial charge in [0.25, 0.3) is 5.91 Å². The number of aromatic nitrogens is 1. The number of halogens is 8. The summed E-state index contributed by atoms with van der Waals surface area (Å²) in [5, 5.41) is 3.35. The summed E-state index contributed by atoms with van der Waals surface area (Å²) in [6, 6.07) is 2.23. The van der Waals surface area contributed by atoms with Crippen molar-refractivity contribution in [2.45, 2.75) is 32.2 Å². The predicted molar refractivity (Wildman–Crippen MR) is 105 cm³/mol. The average molecular weight is 494 g/mol. The molecule has 1 unspecified atom stereocenters. The van der Waals surface area contributed by atoms with E-state index in [1.165, 1.54) is 13.8 Å². The van der Waals surface area contributed by atoms with E-state index in [2.05, 4.69) is 10.3 Å². The first-order chi connectivity index (χ1) is 15.2. The Morgan fingerprint density at radius 3 is 1.94 bits per heavy atom. The van der Waals surface area contributed by atoms with Crippen LogP contribution in [0.4, 0.5) is 35.1 Å². The van der Waals surface area contributed by atoms with Crippen LogP contribution in [0, 0.1) is 18.6 Å². The Hall–Kier alpha value is -3.02. The van der Waals surface area contributed by atoms with Gasteiger partial charge in [-0.2, -0.15) is 26.3 Å². The molecule has 0 bridgehead atoms. The van der Waals surface area contributed by atoms with E-state index in [0.717, 1.165) is 17.5 Å². The Bertz CT molecular complexity index is 1140. The summed E-state index contributed by atoms with van der Waals surface area (Å²) < 4.78 is 106. The number of benzene rings is 2. The normalized spacial score (nSPS) is 13.2. The molecule has 3 aromatic rings.